The topological polar surface area (TPSA) is 72.2 Å². The smallest absolute Gasteiger partial charge is 0.290 e. The molecule has 7 nitrogen and oxygen atoms in total. The van der Waals surface area contributed by atoms with Gasteiger partial charge in [-0.05, 0) is 50.8 Å². The number of benzene rings is 2. The third-order valence-corrected chi connectivity index (χ3v) is 5.45. The van der Waals surface area contributed by atoms with Crippen LogP contribution in [0.4, 0.5) is 0 Å². The van der Waals surface area contributed by atoms with Crippen molar-refractivity contribution in [3.8, 4) is 11.5 Å². The zero-order valence-corrected chi connectivity index (χ0v) is 18.2. The molecule has 1 amide bonds. The van der Waals surface area contributed by atoms with Crippen molar-refractivity contribution < 1.29 is 18.7 Å². The summed E-state index contributed by atoms with van der Waals surface area (Å²) in [4.78, 5) is 30.6. The first kappa shape index (κ1) is 20.9. The summed E-state index contributed by atoms with van der Waals surface area (Å²) in [7, 11) is 5.44. The van der Waals surface area contributed by atoms with Crippen LogP contribution in [0.1, 0.15) is 34.6 Å². The van der Waals surface area contributed by atoms with Gasteiger partial charge in [0.1, 0.15) is 17.1 Å². The van der Waals surface area contributed by atoms with Gasteiger partial charge in [-0.1, -0.05) is 12.1 Å². The monoisotopic (exact) mass is 422 g/mol. The number of methoxy groups -OCH3 is 1. The Morgan fingerprint density at radius 3 is 2.61 bits per heavy atom. The fraction of sp³-hybridized carbons (Fsp3) is 0.333. The number of likely N-dealkylation sites (N-methyl/N-ethyl adjacent to an activating group) is 1. The van der Waals surface area contributed by atoms with Crippen molar-refractivity contribution in [2.24, 2.45) is 0 Å². The molecule has 0 radical (unpaired) electrons. The van der Waals surface area contributed by atoms with Crippen LogP contribution in [0.25, 0.3) is 11.0 Å². The highest BCUT2D eigenvalue weighted by Gasteiger charge is 2.42. The normalized spacial score (nSPS) is 15.6. The van der Waals surface area contributed by atoms with Crippen molar-refractivity contribution in [3.63, 3.8) is 0 Å². The van der Waals surface area contributed by atoms with Gasteiger partial charge in [-0.15, -0.1) is 0 Å². The molecule has 4 rings (SSSR count). The molecule has 0 spiro atoms. The number of amides is 1. The van der Waals surface area contributed by atoms with Gasteiger partial charge in [-0.3, -0.25) is 9.59 Å². The van der Waals surface area contributed by atoms with Crippen LogP contribution in [-0.2, 0) is 0 Å². The number of carbonyl (C=O) groups excluding carboxylic acids is 1. The molecule has 3 aromatic rings. The van der Waals surface area contributed by atoms with Gasteiger partial charge in [-0.25, -0.2) is 0 Å². The van der Waals surface area contributed by atoms with Gasteiger partial charge in [0, 0.05) is 19.2 Å². The van der Waals surface area contributed by atoms with E-state index in [4.69, 9.17) is 13.9 Å². The Balaban J connectivity index is 1.91. The molecule has 162 valence electrons. The van der Waals surface area contributed by atoms with E-state index in [1.807, 2.05) is 50.2 Å². The van der Waals surface area contributed by atoms with Crippen LogP contribution in [0.5, 0.6) is 11.5 Å². The first-order valence-electron chi connectivity index (χ1n) is 10.3. The van der Waals surface area contributed by atoms with Crippen LogP contribution < -0.4 is 14.9 Å². The van der Waals surface area contributed by atoms with Crippen LogP contribution in [0.15, 0.2) is 51.7 Å². The van der Waals surface area contributed by atoms with Crippen molar-refractivity contribution in [2.45, 2.75) is 13.0 Å². The minimum absolute atomic E-state index is 0.0938. The Kier molecular flexibility index (Phi) is 5.69. The molecule has 0 saturated heterocycles. The Morgan fingerprint density at radius 1 is 1.10 bits per heavy atom. The summed E-state index contributed by atoms with van der Waals surface area (Å²) in [5, 5.41) is 0.424. The fourth-order valence-electron chi connectivity index (χ4n) is 3.95. The first-order valence-corrected chi connectivity index (χ1v) is 10.3. The lowest BCUT2D eigenvalue weighted by molar-refractivity contribution is 0.0716. The number of carbonyl (C=O) groups is 1. The van der Waals surface area contributed by atoms with Crippen molar-refractivity contribution in [3.05, 3.63) is 69.6 Å². The minimum atomic E-state index is -0.536. The second kappa shape index (κ2) is 8.43. The molecule has 31 heavy (non-hydrogen) atoms. The fourth-order valence-corrected chi connectivity index (χ4v) is 3.95. The molecule has 0 saturated carbocycles. The van der Waals surface area contributed by atoms with E-state index in [1.54, 1.807) is 30.2 Å². The number of nitrogens with zero attached hydrogens (tertiary/aromatic N) is 2. The van der Waals surface area contributed by atoms with Gasteiger partial charge in [0.2, 0.25) is 5.76 Å². The van der Waals surface area contributed by atoms with Crippen molar-refractivity contribution >= 4 is 16.9 Å². The third kappa shape index (κ3) is 3.77. The Bertz CT molecular complexity index is 1180. The van der Waals surface area contributed by atoms with Gasteiger partial charge in [0.15, 0.2) is 5.43 Å². The van der Waals surface area contributed by atoms with Gasteiger partial charge in [-0.2, -0.15) is 0 Å². The minimum Gasteiger partial charge on any atom is -0.497 e. The molecule has 0 fully saturated rings. The second-order valence-corrected chi connectivity index (χ2v) is 7.75. The average molecular weight is 422 g/mol. The highest BCUT2D eigenvalue weighted by atomic mass is 16.5. The van der Waals surface area contributed by atoms with E-state index in [0.29, 0.717) is 47.7 Å². The van der Waals surface area contributed by atoms with Crippen LogP contribution in [0.2, 0.25) is 0 Å². The Labute approximate surface area is 180 Å². The summed E-state index contributed by atoms with van der Waals surface area (Å²) >= 11 is 0. The molecule has 2 aromatic carbocycles. The molecule has 2 heterocycles. The molecule has 0 N–H and O–H groups in total. The van der Waals surface area contributed by atoms with Gasteiger partial charge >= 0.3 is 0 Å². The van der Waals surface area contributed by atoms with Crippen LogP contribution >= 0.6 is 0 Å². The molecular weight excluding hydrogens is 396 g/mol. The maximum absolute atomic E-state index is 13.5. The summed E-state index contributed by atoms with van der Waals surface area (Å²) in [6.07, 6.45) is 0. The van der Waals surface area contributed by atoms with Crippen molar-refractivity contribution in [1.82, 2.24) is 9.80 Å². The quantitative estimate of drug-likeness (QED) is 0.582. The lowest BCUT2D eigenvalue weighted by Crippen LogP contribution is -2.35. The molecule has 0 aliphatic carbocycles. The van der Waals surface area contributed by atoms with E-state index in [-0.39, 0.29) is 17.1 Å². The summed E-state index contributed by atoms with van der Waals surface area (Å²) in [5.74, 6) is 1.07. The summed E-state index contributed by atoms with van der Waals surface area (Å²) in [5.41, 5.74) is 1.33. The third-order valence-electron chi connectivity index (χ3n) is 5.45. The van der Waals surface area contributed by atoms with Crippen LogP contribution in [-0.4, -0.2) is 56.6 Å². The van der Waals surface area contributed by atoms with E-state index in [0.717, 1.165) is 5.56 Å². The molecule has 0 bridgehead atoms. The largest absolute Gasteiger partial charge is 0.497 e. The van der Waals surface area contributed by atoms with Gasteiger partial charge < -0.3 is 23.7 Å². The lowest BCUT2D eigenvalue weighted by atomic mass is 9.98. The number of hydrogen-bond acceptors (Lipinski definition) is 6. The second-order valence-electron chi connectivity index (χ2n) is 7.75. The molecule has 1 atom stereocenters. The maximum atomic E-state index is 13.5. The highest BCUT2D eigenvalue weighted by molar-refractivity contribution is 5.99. The zero-order valence-electron chi connectivity index (χ0n) is 18.2. The molecule has 1 aromatic heterocycles. The van der Waals surface area contributed by atoms with Crippen LogP contribution in [0, 0.1) is 0 Å². The van der Waals surface area contributed by atoms with Crippen molar-refractivity contribution in [2.75, 3.05) is 40.9 Å². The maximum Gasteiger partial charge on any atom is 0.290 e. The molecule has 0 unspecified atom stereocenters. The number of fused-ring (bicyclic) bond motifs is 2. The van der Waals surface area contributed by atoms with E-state index in [9.17, 15) is 9.59 Å². The van der Waals surface area contributed by atoms with Gasteiger partial charge in [0.25, 0.3) is 5.91 Å². The molecule has 1 aliphatic heterocycles. The molecular formula is C24H26N2O5. The standard InChI is InChI=1S/C24H26N2O5/c1-5-30-17-8-6-7-15(13-17)21-20-22(27)18-10-9-16(29-4)14-19(18)31-23(20)24(28)26(21)12-11-25(2)3/h6-10,13-14,21H,5,11-12H2,1-4H3/t21-/m1/s1. The predicted molar refractivity (Wildman–Crippen MR) is 118 cm³/mol. The summed E-state index contributed by atoms with van der Waals surface area (Å²) < 4.78 is 16.9. The van der Waals surface area contributed by atoms with Crippen molar-refractivity contribution in [1.29, 1.82) is 0 Å². The van der Waals surface area contributed by atoms with E-state index in [2.05, 4.69) is 0 Å². The number of ether oxygens (including phenoxy) is 2. The highest BCUT2D eigenvalue weighted by Crippen LogP contribution is 2.39. The Hall–Kier alpha value is -3.32. The zero-order chi connectivity index (χ0) is 22.1. The SMILES string of the molecule is CCOc1cccc([C@@H]2c3c(oc4cc(OC)ccc4c3=O)C(=O)N2CCN(C)C)c1. The molecule has 1 aliphatic rings. The van der Waals surface area contributed by atoms with E-state index >= 15 is 0 Å². The average Bonchev–Trinajstić information content (AvgIpc) is 3.04. The first-order chi connectivity index (χ1) is 14.9. The number of rotatable bonds is 7. The number of hydrogen-bond donors (Lipinski definition) is 0. The van der Waals surface area contributed by atoms with Crippen LogP contribution in [0.3, 0.4) is 0 Å². The van der Waals surface area contributed by atoms with E-state index in [1.165, 1.54) is 0 Å². The summed E-state index contributed by atoms with van der Waals surface area (Å²) in [6.45, 7) is 3.56. The summed E-state index contributed by atoms with van der Waals surface area (Å²) in [6, 6.07) is 12.0. The van der Waals surface area contributed by atoms with Gasteiger partial charge in [0.05, 0.1) is 30.7 Å². The molecule has 7 heteroatoms. The van der Waals surface area contributed by atoms with E-state index < -0.39 is 6.04 Å². The predicted octanol–water partition coefficient (Wildman–Crippen LogP) is 3.31. The Morgan fingerprint density at radius 2 is 1.90 bits per heavy atom. The lowest BCUT2D eigenvalue weighted by Gasteiger charge is -2.26.